The number of Topliss-reactive ketones (excluding diaryl/α,β-unsaturated/α-hetero) is 2. The van der Waals surface area contributed by atoms with E-state index >= 15 is 0 Å². The van der Waals surface area contributed by atoms with Crippen LogP contribution in [0.25, 0.3) is 11.1 Å². The van der Waals surface area contributed by atoms with Crippen LogP contribution in [0.15, 0.2) is 36.4 Å². The van der Waals surface area contributed by atoms with Crippen LogP contribution in [0, 0.1) is 25.1 Å². The molecule has 2 aliphatic rings. The van der Waals surface area contributed by atoms with E-state index in [2.05, 4.69) is 5.32 Å². The first-order valence-electron chi connectivity index (χ1n) is 11.4. The molecule has 2 aromatic carbocycles. The standard InChI is InChI=1S/C27H31FN2O3/c1-16-10-19(18-6-8-20(28)9-7-18)11-17(2)23(16)24-21(31)12-27(13-22(24)32)14-30(15-27)25(33)29-26(3,4)5/h6-11,24H,12-15H2,1-5H3,(H,29,33). The molecule has 6 heteroatoms. The fraction of sp³-hybridized carbons (Fsp3) is 0.444. The summed E-state index contributed by atoms with van der Waals surface area (Å²) in [4.78, 5) is 40.5. The summed E-state index contributed by atoms with van der Waals surface area (Å²) >= 11 is 0. The number of carbonyl (C=O) groups is 3. The summed E-state index contributed by atoms with van der Waals surface area (Å²) in [5.74, 6) is -1.18. The highest BCUT2D eigenvalue weighted by molar-refractivity contribution is 6.11. The third-order valence-electron chi connectivity index (χ3n) is 6.62. The lowest BCUT2D eigenvalue weighted by Crippen LogP contribution is -2.65. The van der Waals surface area contributed by atoms with Crippen LogP contribution in [-0.2, 0) is 9.59 Å². The number of aryl methyl sites for hydroxylation is 2. The lowest BCUT2D eigenvalue weighted by molar-refractivity contribution is -0.141. The fourth-order valence-electron chi connectivity index (χ4n) is 5.28. The van der Waals surface area contributed by atoms with Crippen LogP contribution >= 0.6 is 0 Å². The zero-order valence-corrected chi connectivity index (χ0v) is 19.9. The Labute approximate surface area is 194 Å². The smallest absolute Gasteiger partial charge is 0.317 e. The number of hydrogen-bond acceptors (Lipinski definition) is 3. The van der Waals surface area contributed by atoms with Crippen LogP contribution in [0.5, 0.6) is 0 Å². The predicted molar refractivity (Wildman–Crippen MR) is 126 cm³/mol. The second kappa shape index (κ2) is 8.08. The van der Waals surface area contributed by atoms with E-state index in [1.165, 1.54) is 12.1 Å². The van der Waals surface area contributed by atoms with Gasteiger partial charge >= 0.3 is 6.03 Å². The number of likely N-dealkylation sites (tertiary alicyclic amines) is 1. The summed E-state index contributed by atoms with van der Waals surface area (Å²) in [7, 11) is 0. The van der Waals surface area contributed by atoms with Gasteiger partial charge in [-0.1, -0.05) is 24.3 Å². The molecule has 0 bridgehead atoms. The molecule has 0 unspecified atom stereocenters. The molecule has 2 amide bonds. The normalized spacial score (nSPS) is 18.4. The second-order valence-corrected chi connectivity index (χ2v) is 10.8. The van der Waals surface area contributed by atoms with E-state index < -0.39 is 11.3 Å². The minimum absolute atomic E-state index is 0.0668. The molecule has 4 rings (SSSR count). The Bertz CT molecular complexity index is 1080. The van der Waals surface area contributed by atoms with Crippen molar-refractivity contribution >= 4 is 17.6 Å². The van der Waals surface area contributed by atoms with Gasteiger partial charge in [-0.3, -0.25) is 9.59 Å². The maximum atomic E-state index is 13.3. The van der Waals surface area contributed by atoms with Crippen molar-refractivity contribution in [3.05, 3.63) is 58.9 Å². The van der Waals surface area contributed by atoms with Crippen LogP contribution in [0.1, 0.15) is 56.2 Å². The van der Waals surface area contributed by atoms with Gasteiger partial charge in [0.05, 0.1) is 0 Å². The van der Waals surface area contributed by atoms with E-state index in [1.54, 1.807) is 17.0 Å². The van der Waals surface area contributed by atoms with E-state index in [1.807, 2.05) is 46.8 Å². The average molecular weight is 451 g/mol. The third-order valence-corrected chi connectivity index (χ3v) is 6.62. The lowest BCUT2D eigenvalue weighted by atomic mass is 9.63. The summed E-state index contributed by atoms with van der Waals surface area (Å²) in [5.41, 5.74) is 3.60. The lowest BCUT2D eigenvalue weighted by Gasteiger charge is -2.52. The van der Waals surface area contributed by atoms with Crippen molar-refractivity contribution < 1.29 is 18.8 Å². The molecular weight excluding hydrogens is 419 g/mol. The Kier molecular flexibility index (Phi) is 5.67. The third kappa shape index (κ3) is 4.56. The van der Waals surface area contributed by atoms with E-state index in [9.17, 15) is 18.8 Å². The zero-order valence-electron chi connectivity index (χ0n) is 19.9. The Balaban J connectivity index is 1.52. The number of benzene rings is 2. The molecule has 1 spiro atoms. The summed E-state index contributed by atoms with van der Waals surface area (Å²) in [6.45, 7) is 10.5. The molecule has 1 aliphatic heterocycles. The van der Waals surface area contributed by atoms with Crippen molar-refractivity contribution in [3.63, 3.8) is 0 Å². The predicted octanol–water partition coefficient (Wildman–Crippen LogP) is 4.94. The van der Waals surface area contributed by atoms with Gasteiger partial charge in [0.2, 0.25) is 0 Å². The van der Waals surface area contributed by atoms with E-state index in [0.717, 1.165) is 27.8 Å². The molecule has 2 aromatic rings. The molecule has 0 aromatic heterocycles. The van der Waals surface area contributed by atoms with E-state index in [-0.39, 0.29) is 29.0 Å². The number of nitrogens with one attached hydrogen (secondary N) is 1. The molecular formula is C27H31FN2O3. The van der Waals surface area contributed by atoms with Gasteiger partial charge in [0, 0.05) is 36.9 Å². The highest BCUT2D eigenvalue weighted by Crippen LogP contribution is 2.46. The monoisotopic (exact) mass is 450 g/mol. The molecule has 0 radical (unpaired) electrons. The molecule has 2 fully saturated rings. The van der Waals surface area contributed by atoms with Gasteiger partial charge in [-0.05, 0) is 74.6 Å². The van der Waals surface area contributed by atoms with Crippen molar-refractivity contribution in [2.24, 2.45) is 5.41 Å². The largest absolute Gasteiger partial charge is 0.333 e. The Morgan fingerprint density at radius 1 is 0.970 bits per heavy atom. The second-order valence-electron chi connectivity index (χ2n) is 10.8. The Morgan fingerprint density at radius 2 is 1.48 bits per heavy atom. The van der Waals surface area contributed by atoms with Crippen LogP contribution < -0.4 is 5.32 Å². The first kappa shape index (κ1) is 23.1. The van der Waals surface area contributed by atoms with Crippen molar-refractivity contribution in [2.45, 2.75) is 58.9 Å². The van der Waals surface area contributed by atoms with Gasteiger partial charge in [-0.2, -0.15) is 0 Å². The summed E-state index contributed by atoms with van der Waals surface area (Å²) < 4.78 is 13.3. The number of rotatable bonds is 2. The SMILES string of the molecule is Cc1cc(-c2ccc(F)cc2)cc(C)c1C1C(=O)CC2(CC1=O)CN(C(=O)NC(C)(C)C)C2. The number of amides is 2. The Morgan fingerprint density at radius 3 is 1.97 bits per heavy atom. The summed E-state index contributed by atoms with van der Waals surface area (Å²) in [6, 6.07) is 10.1. The van der Waals surface area contributed by atoms with Crippen LogP contribution in [0.2, 0.25) is 0 Å². The average Bonchev–Trinajstić information content (AvgIpc) is 2.66. The molecule has 33 heavy (non-hydrogen) atoms. The first-order valence-corrected chi connectivity index (χ1v) is 11.4. The minimum Gasteiger partial charge on any atom is -0.333 e. The maximum absolute atomic E-state index is 13.3. The molecule has 5 nitrogen and oxygen atoms in total. The van der Waals surface area contributed by atoms with E-state index in [0.29, 0.717) is 25.9 Å². The number of ketones is 2. The molecule has 1 saturated carbocycles. The number of hydrogen-bond donors (Lipinski definition) is 1. The van der Waals surface area contributed by atoms with Gasteiger partial charge in [0.25, 0.3) is 0 Å². The molecule has 1 saturated heterocycles. The summed E-state index contributed by atoms with van der Waals surface area (Å²) in [6.07, 6.45) is 0.614. The van der Waals surface area contributed by atoms with E-state index in [4.69, 9.17) is 0 Å². The summed E-state index contributed by atoms with van der Waals surface area (Å²) in [5, 5.41) is 2.93. The topological polar surface area (TPSA) is 66.5 Å². The molecule has 1 N–H and O–H groups in total. The first-order chi connectivity index (χ1) is 15.4. The maximum Gasteiger partial charge on any atom is 0.317 e. The van der Waals surface area contributed by atoms with Crippen LogP contribution in [0.3, 0.4) is 0 Å². The highest BCUT2D eigenvalue weighted by atomic mass is 19.1. The minimum atomic E-state index is -0.754. The molecule has 1 aliphatic carbocycles. The molecule has 174 valence electrons. The van der Waals surface area contributed by atoms with Crippen molar-refractivity contribution in [1.82, 2.24) is 10.2 Å². The van der Waals surface area contributed by atoms with Crippen LogP contribution in [-0.4, -0.2) is 41.1 Å². The van der Waals surface area contributed by atoms with Gasteiger partial charge in [0.1, 0.15) is 23.3 Å². The van der Waals surface area contributed by atoms with Crippen molar-refractivity contribution in [2.75, 3.05) is 13.1 Å². The zero-order chi connectivity index (χ0) is 24.1. The van der Waals surface area contributed by atoms with Crippen molar-refractivity contribution in [1.29, 1.82) is 0 Å². The molecule has 1 heterocycles. The van der Waals surface area contributed by atoms with Gasteiger partial charge in [0.15, 0.2) is 0 Å². The van der Waals surface area contributed by atoms with Crippen LogP contribution in [0.4, 0.5) is 9.18 Å². The Hall–Kier alpha value is -3.02. The van der Waals surface area contributed by atoms with Gasteiger partial charge in [-0.15, -0.1) is 0 Å². The number of urea groups is 1. The number of nitrogens with zero attached hydrogens (tertiary/aromatic N) is 1. The highest BCUT2D eigenvalue weighted by Gasteiger charge is 2.53. The number of halogens is 1. The van der Waals surface area contributed by atoms with Crippen molar-refractivity contribution in [3.8, 4) is 11.1 Å². The van der Waals surface area contributed by atoms with Gasteiger partial charge < -0.3 is 10.2 Å². The fourth-order valence-corrected chi connectivity index (χ4v) is 5.28. The number of carbonyl (C=O) groups excluding carboxylic acids is 3. The molecule has 0 atom stereocenters. The van der Waals surface area contributed by atoms with Gasteiger partial charge in [-0.25, -0.2) is 9.18 Å². The quantitative estimate of drug-likeness (QED) is 0.660.